The van der Waals surface area contributed by atoms with E-state index >= 15 is 0 Å². The van der Waals surface area contributed by atoms with E-state index in [-0.39, 0.29) is 12.3 Å². The van der Waals surface area contributed by atoms with Crippen molar-refractivity contribution in [3.63, 3.8) is 0 Å². The molecule has 2 rings (SSSR count). The molecule has 1 saturated heterocycles. The van der Waals surface area contributed by atoms with Crippen LogP contribution in [-0.4, -0.2) is 35.0 Å². The van der Waals surface area contributed by atoms with E-state index in [1.165, 1.54) is 0 Å². The van der Waals surface area contributed by atoms with Crippen LogP contribution in [0, 0.1) is 16.7 Å². The molecule has 0 atom stereocenters. The van der Waals surface area contributed by atoms with Gasteiger partial charge in [0.1, 0.15) is 6.07 Å². The molecule has 8 nitrogen and oxygen atoms in total. The van der Waals surface area contributed by atoms with E-state index in [2.05, 4.69) is 10.5 Å². The molecule has 0 radical (unpaired) electrons. The first-order valence-corrected chi connectivity index (χ1v) is 7.79. The van der Waals surface area contributed by atoms with Gasteiger partial charge >= 0.3 is 7.12 Å². The van der Waals surface area contributed by atoms with E-state index in [1.54, 1.807) is 24.3 Å². The van der Waals surface area contributed by atoms with Crippen LogP contribution in [0.1, 0.15) is 33.3 Å². The first kappa shape index (κ1) is 18.9. The number of benzene rings is 1. The fourth-order valence-corrected chi connectivity index (χ4v) is 2.24. The van der Waals surface area contributed by atoms with Gasteiger partial charge in [-0.25, -0.2) is 0 Å². The largest absolute Gasteiger partial charge is 0.494 e. The molecule has 0 aromatic heterocycles. The summed E-state index contributed by atoms with van der Waals surface area (Å²) in [6.07, 6.45) is 0. The molecule has 0 aliphatic carbocycles. The summed E-state index contributed by atoms with van der Waals surface area (Å²) in [7, 11) is -0.542. The van der Waals surface area contributed by atoms with E-state index in [0.717, 1.165) is 5.46 Å². The molecule has 0 saturated carbocycles. The Morgan fingerprint density at radius 3 is 2.44 bits per heavy atom. The van der Waals surface area contributed by atoms with Gasteiger partial charge in [0.25, 0.3) is 0 Å². The monoisotopic (exact) mass is 343 g/mol. The van der Waals surface area contributed by atoms with E-state index in [9.17, 15) is 5.11 Å². The second-order valence-electron chi connectivity index (χ2n) is 6.76. The van der Waals surface area contributed by atoms with Gasteiger partial charge in [0.2, 0.25) is 5.71 Å². The van der Waals surface area contributed by atoms with Gasteiger partial charge in [-0.05, 0) is 39.2 Å². The van der Waals surface area contributed by atoms with Crippen LogP contribution in [0.2, 0.25) is 0 Å². The van der Waals surface area contributed by atoms with Crippen LogP contribution in [0.4, 0.5) is 5.69 Å². The first-order chi connectivity index (χ1) is 11.6. The van der Waals surface area contributed by atoms with Gasteiger partial charge in [-0.3, -0.25) is 10.8 Å². The smallest absolute Gasteiger partial charge is 0.399 e. The minimum absolute atomic E-state index is 0.237. The lowest BCUT2D eigenvalue weighted by Crippen LogP contribution is -2.41. The van der Waals surface area contributed by atoms with Crippen molar-refractivity contribution >= 4 is 29.8 Å². The zero-order valence-electron chi connectivity index (χ0n) is 14.8. The fraction of sp³-hybridized carbons (Fsp3) is 0.438. The number of amidine groups is 1. The Kier molecular flexibility index (Phi) is 5.18. The van der Waals surface area contributed by atoms with Crippen molar-refractivity contribution in [3.05, 3.63) is 23.8 Å². The normalized spacial score (nSPS) is 18.7. The fourth-order valence-electron chi connectivity index (χ4n) is 2.24. The lowest BCUT2D eigenvalue weighted by molar-refractivity contribution is 0.00578. The summed E-state index contributed by atoms with van der Waals surface area (Å²) in [5, 5.41) is 29.5. The molecule has 1 aromatic carbocycles. The van der Waals surface area contributed by atoms with Crippen LogP contribution < -0.4 is 16.6 Å². The molecule has 0 bridgehead atoms. The molecule has 5 N–H and O–H groups in total. The van der Waals surface area contributed by atoms with E-state index in [0.29, 0.717) is 11.3 Å². The Balaban J connectivity index is 2.26. The number of hydrazone groups is 1. The number of nitriles is 1. The van der Waals surface area contributed by atoms with Crippen LogP contribution >= 0.6 is 0 Å². The Hall–Kier alpha value is -2.41. The number of aliphatic hydroxyl groups is 1. The van der Waals surface area contributed by atoms with Crippen molar-refractivity contribution < 1.29 is 14.4 Å². The highest BCUT2D eigenvalue weighted by molar-refractivity contribution is 6.62. The molecule has 0 unspecified atom stereocenters. The van der Waals surface area contributed by atoms with Crippen molar-refractivity contribution in [2.45, 2.75) is 45.5 Å². The third kappa shape index (κ3) is 3.82. The second kappa shape index (κ2) is 6.84. The molecule has 1 fully saturated rings. The van der Waals surface area contributed by atoms with Crippen LogP contribution in [0.3, 0.4) is 0 Å². The molecule has 25 heavy (non-hydrogen) atoms. The average molecular weight is 343 g/mol. The summed E-state index contributed by atoms with van der Waals surface area (Å²) >= 11 is 0. The van der Waals surface area contributed by atoms with Crippen molar-refractivity contribution in [2.75, 3.05) is 5.43 Å². The Bertz CT molecular complexity index is 739. The van der Waals surface area contributed by atoms with Crippen LogP contribution in [-0.2, 0) is 15.9 Å². The van der Waals surface area contributed by atoms with E-state index in [4.69, 9.17) is 25.7 Å². The molecular formula is C16H22BN5O3. The zero-order valence-corrected chi connectivity index (χ0v) is 14.8. The van der Waals surface area contributed by atoms with Gasteiger partial charge in [-0.15, -0.1) is 0 Å². The van der Waals surface area contributed by atoms with Gasteiger partial charge in [0.15, 0.2) is 5.84 Å². The highest BCUT2D eigenvalue weighted by atomic mass is 16.7. The maximum Gasteiger partial charge on any atom is 0.494 e. The van der Waals surface area contributed by atoms with E-state index in [1.807, 2.05) is 27.7 Å². The van der Waals surface area contributed by atoms with Gasteiger partial charge in [0, 0.05) is 5.56 Å². The van der Waals surface area contributed by atoms with Gasteiger partial charge < -0.3 is 20.1 Å². The highest BCUT2D eigenvalue weighted by Crippen LogP contribution is 2.36. The number of hydrogen-bond acceptors (Lipinski definition) is 7. The summed E-state index contributed by atoms with van der Waals surface area (Å²) in [6.45, 7) is 7.63. The molecule has 0 spiro atoms. The molecule has 1 aliphatic heterocycles. The average Bonchev–Trinajstić information content (AvgIpc) is 2.75. The molecule has 0 amide bonds. The minimum Gasteiger partial charge on any atom is -0.399 e. The van der Waals surface area contributed by atoms with Gasteiger partial charge in [-0.2, -0.15) is 10.4 Å². The van der Waals surface area contributed by atoms with Crippen molar-refractivity contribution in [1.29, 1.82) is 10.7 Å². The van der Waals surface area contributed by atoms with Gasteiger partial charge in [0.05, 0.1) is 23.5 Å². The standard InChI is InChI=1S/C16H22BN5O3/c1-15(2)16(3,4)25-17(24-15)11-5-6-12(10(7-11)9-23)21-22-13(8-18)14(19)20/h5-7,21,23H,9H2,1-4H3,(H3,19,20)/b22-13+. The molecule has 132 valence electrons. The van der Waals surface area contributed by atoms with Gasteiger partial charge in [-0.1, -0.05) is 12.1 Å². The number of nitrogens with one attached hydrogen (secondary N) is 2. The topological polar surface area (TPSA) is 137 Å². The van der Waals surface area contributed by atoms with Crippen LogP contribution in [0.25, 0.3) is 0 Å². The number of nitrogens with zero attached hydrogens (tertiary/aromatic N) is 2. The van der Waals surface area contributed by atoms with Crippen molar-refractivity contribution in [3.8, 4) is 6.07 Å². The summed E-state index contributed by atoms with van der Waals surface area (Å²) in [6, 6.07) is 6.96. The lowest BCUT2D eigenvalue weighted by atomic mass is 9.78. The van der Waals surface area contributed by atoms with Crippen molar-refractivity contribution in [2.24, 2.45) is 10.8 Å². The summed E-state index contributed by atoms with van der Waals surface area (Å²) in [5.74, 6) is -0.436. The minimum atomic E-state index is -0.542. The number of nitrogens with two attached hydrogens (primary N) is 1. The third-order valence-electron chi connectivity index (χ3n) is 4.47. The van der Waals surface area contributed by atoms with Crippen LogP contribution in [0.15, 0.2) is 23.3 Å². The summed E-state index contributed by atoms with van der Waals surface area (Å²) in [5.41, 5.74) is 8.56. The van der Waals surface area contributed by atoms with Crippen molar-refractivity contribution in [1.82, 2.24) is 0 Å². The highest BCUT2D eigenvalue weighted by Gasteiger charge is 2.51. The molecule has 1 aromatic rings. The zero-order chi connectivity index (χ0) is 18.8. The maximum atomic E-state index is 9.62. The number of hydrogen-bond donors (Lipinski definition) is 4. The number of anilines is 1. The van der Waals surface area contributed by atoms with E-state index < -0.39 is 24.2 Å². The lowest BCUT2D eigenvalue weighted by Gasteiger charge is -2.32. The Morgan fingerprint density at radius 2 is 1.96 bits per heavy atom. The summed E-state index contributed by atoms with van der Waals surface area (Å²) in [4.78, 5) is 0. The quantitative estimate of drug-likeness (QED) is 0.269. The predicted molar refractivity (Wildman–Crippen MR) is 96.7 cm³/mol. The third-order valence-corrected chi connectivity index (χ3v) is 4.47. The number of rotatable bonds is 5. The Morgan fingerprint density at radius 1 is 1.36 bits per heavy atom. The molecular weight excluding hydrogens is 321 g/mol. The SMILES string of the molecule is CC1(C)OB(c2ccc(N/N=C(\C#N)C(=N)N)c(CO)c2)OC1(C)C. The predicted octanol–water partition coefficient (Wildman–Crippen LogP) is 0.706. The molecule has 1 aliphatic rings. The second-order valence-corrected chi connectivity index (χ2v) is 6.76. The Labute approximate surface area is 147 Å². The van der Waals surface area contributed by atoms with Crippen LogP contribution in [0.5, 0.6) is 0 Å². The maximum absolute atomic E-state index is 9.62. The summed E-state index contributed by atoms with van der Waals surface area (Å²) < 4.78 is 12.0. The first-order valence-electron chi connectivity index (χ1n) is 7.79. The molecule has 9 heteroatoms. The molecule has 1 heterocycles. The number of aliphatic hydroxyl groups excluding tert-OH is 1.